The Morgan fingerprint density at radius 2 is 2.27 bits per heavy atom. The van der Waals surface area contributed by atoms with Crippen LogP contribution in [-0.4, -0.2) is 18.1 Å². The number of nitrogens with one attached hydrogen (secondary N) is 1. The van der Waals surface area contributed by atoms with Crippen LogP contribution in [0.25, 0.3) is 0 Å². The van der Waals surface area contributed by atoms with Crippen molar-refractivity contribution < 1.29 is 9.90 Å². The van der Waals surface area contributed by atoms with Crippen LogP contribution in [0.1, 0.15) is 28.8 Å². The molecule has 0 atom stereocenters. The van der Waals surface area contributed by atoms with Gasteiger partial charge in [0, 0.05) is 12.6 Å². The van der Waals surface area contributed by atoms with Crippen molar-refractivity contribution >= 4 is 5.91 Å². The fourth-order valence-electron chi connectivity index (χ4n) is 1.74. The molecule has 0 radical (unpaired) electrons. The normalized spacial score (nSPS) is 15.0. The van der Waals surface area contributed by atoms with E-state index in [2.05, 4.69) is 5.32 Å². The summed E-state index contributed by atoms with van der Waals surface area (Å²) in [6.45, 7) is 0. The minimum absolute atomic E-state index is 0.0781. The lowest BCUT2D eigenvalue weighted by Gasteiger charge is -2.08. The van der Waals surface area contributed by atoms with E-state index in [4.69, 9.17) is 0 Å². The molecule has 15 heavy (non-hydrogen) atoms. The Balaban J connectivity index is 2.29. The Morgan fingerprint density at radius 1 is 1.53 bits per heavy atom. The second-order valence-electron chi connectivity index (χ2n) is 4.07. The summed E-state index contributed by atoms with van der Waals surface area (Å²) < 4.78 is 0. The number of rotatable bonds is 3. The van der Waals surface area contributed by atoms with Crippen LogP contribution >= 0.6 is 0 Å². The molecule has 2 rings (SSSR count). The maximum absolute atomic E-state index is 11.6. The number of phenolic OH excluding ortho intramolecular Hbond substituents is 1. The summed E-state index contributed by atoms with van der Waals surface area (Å²) in [5, 5.41) is 12.0. The van der Waals surface area contributed by atoms with Crippen molar-refractivity contribution in [1.82, 2.24) is 5.32 Å². The van der Waals surface area contributed by atoms with E-state index in [0.29, 0.717) is 11.5 Å². The third-order valence-electron chi connectivity index (χ3n) is 2.77. The van der Waals surface area contributed by atoms with Crippen molar-refractivity contribution in [1.29, 1.82) is 0 Å². The van der Waals surface area contributed by atoms with E-state index in [9.17, 15) is 9.90 Å². The van der Waals surface area contributed by atoms with Crippen LogP contribution in [0.3, 0.4) is 0 Å². The summed E-state index contributed by atoms with van der Waals surface area (Å²) in [7, 11) is 1.62. The van der Waals surface area contributed by atoms with E-state index in [-0.39, 0.29) is 11.7 Å². The van der Waals surface area contributed by atoms with E-state index in [1.807, 2.05) is 0 Å². The van der Waals surface area contributed by atoms with Gasteiger partial charge in [-0.1, -0.05) is 0 Å². The summed E-state index contributed by atoms with van der Waals surface area (Å²) in [6, 6.07) is 4.94. The molecule has 80 valence electrons. The van der Waals surface area contributed by atoms with Gasteiger partial charge in [-0.3, -0.25) is 4.79 Å². The van der Waals surface area contributed by atoms with Crippen LogP contribution in [0, 0.1) is 5.92 Å². The molecule has 2 N–H and O–H groups in total. The minimum atomic E-state index is -0.0781. The van der Waals surface area contributed by atoms with Crippen LogP contribution in [0.15, 0.2) is 18.2 Å². The Morgan fingerprint density at radius 3 is 2.87 bits per heavy atom. The van der Waals surface area contributed by atoms with Crippen molar-refractivity contribution in [3.8, 4) is 5.75 Å². The van der Waals surface area contributed by atoms with E-state index in [1.165, 1.54) is 12.8 Å². The van der Waals surface area contributed by atoms with Gasteiger partial charge in [0.05, 0.1) is 0 Å². The first-order valence-electron chi connectivity index (χ1n) is 5.24. The lowest BCUT2D eigenvalue weighted by atomic mass is 10.0. The SMILES string of the molecule is CNC(=O)c1ccc(O)cc1CC1CC1. The van der Waals surface area contributed by atoms with Crippen molar-refractivity contribution in [3.63, 3.8) is 0 Å². The molecule has 1 aliphatic rings. The van der Waals surface area contributed by atoms with Gasteiger partial charge in [-0.25, -0.2) is 0 Å². The Kier molecular flexibility index (Phi) is 2.62. The van der Waals surface area contributed by atoms with E-state index >= 15 is 0 Å². The quantitative estimate of drug-likeness (QED) is 0.789. The highest BCUT2D eigenvalue weighted by Gasteiger charge is 2.23. The predicted octanol–water partition coefficient (Wildman–Crippen LogP) is 1.70. The van der Waals surface area contributed by atoms with Crippen LogP contribution < -0.4 is 5.32 Å². The number of hydrogen-bond donors (Lipinski definition) is 2. The van der Waals surface area contributed by atoms with Crippen LogP contribution in [0.4, 0.5) is 0 Å². The third-order valence-corrected chi connectivity index (χ3v) is 2.77. The standard InChI is InChI=1S/C12H15NO2/c1-13-12(15)11-5-4-10(14)7-9(11)6-8-2-3-8/h4-5,7-8,14H,2-3,6H2,1H3,(H,13,15). The lowest BCUT2D eigenvalue weighted by Crippen LogP contribution is -2.19. The highest BCUT2D eigenvalue weighted by atomic mass is 16.3. The second-order valence-corrected chi connectivity index (χ2v) is 4.07. The van der Waals surface area contributed by atoms with Crippen LogP contribution in [-0.2, 0) is 6.42 Å². The minimum Gasteiger partial charge on any atom is -0.508 e. The molecule has 1 aliphatic carbocycles. The summed E-state index contributed by atoms with van der Waals surface area (Å²) in [5.74, 6) is 0.860. The van der Waals surface area contributed by atoms with E-state index < -0.39 is 0 Å². The molecule has 1 aromatic carbocycles. The Labute approximate surface area is 89.1 Å². The topological polar surface area (TPSA) is 49.3 Å². The van der Waals surface area contributed by atoms with Gasteiger partial charge >= 0.3 is 0 Å². The fraction of sp³-hybridized carbons (Fsp3) is 0.417. The maximum Gasteiger partial charge on any atom is 0.251 e. The molecule has 1 aromatic rings. The number of aromatic hydroxyl groups is 1. The molecule has 1 fully saturated rings. The van der Waals surface area contributed by atoms with Gasteiger partial charge < -0.3 is 10.4 Å². The summed E-state index contributed by atoms with van der Waals surface area (Å²) in [5.41, 5.74) is 1.64. The molecule has 0 unspecified atom stereocenters. The van der Waals surface area contributed by atoms with Gasteiger partial charge in [0.2, 0.25) is 0 Å². The molecular formula is C12H15NO2. The molecule has 0 aliphatic heterocycles. The monoisotopic (exact) mass is 205 g/mol. The van der Waals surface area contributed by atoms with Gasteiger partial charge in [-0.05, 0) is 48.9 Å². The fourth-order valence-corrected chi connectivity index (χ4v) is 1.74. The molecule has 3 nitrogen and oxygen atoms in total. The highest BCUT2D eigenvalue weighted by molar-refractivity contribution is 5.95. The number of carbonyl (C=O) groups excluding carboxylic acids is 1. The van der Waals surface area contributed by atoms with Crippen LogP contribution in [0.2, 0.25) is 0 Å². The van der Waals surface area contributed by atoms with Gasteiger partial charge in [-0.15, -0.1) is 0 Å². The number of phenols is 1. The van der Waals surface area contributed by atoms with Gasteiger partial charge in [0.1, 0.15) is 5.75 Å². The third kappa shape index (κ3) is 2.29. The molecule has 3 heteroatoms. The summed E-state index contributed by atoms with van der Waals surface area (Å²) >= 11 is 0. The second kappa shape index (κ2) is 3.93. The number of carbonyl (C=O) groups is 1. The molecule has 0 spiro atoms. The highest BCUT2D eigenvalue weighted by Crippen LogP contribution is 2.34. The molecule has 0 aromatic heterocycles. The van der Waals surface area contributed by atoms with Crippen molar-refractivity contribution in [3.05, 3.63) is 29.3 Å². The number of hydrogen-bond acceptors (Lipinski definition) is 2. The first kappa shape index (κ1) is 10.0. The molecule has 1 saturated carbocycles. The average molecular weight is 205 g/mol. The van der Waals surface area contributed by atoms with Crippen LogP contribution in [0.5, 0.6) is 5.75 Å². The van der Waals surface area contributed by atoms with Crippen molar-refractivity contribution in [2.45, 2.75) is 19.3 Å². The van der Waals surface area contributed by atoms with E-state index in [1.54, 1.807) is 25.2 Å². The Hall–Kier alpha value is -1.51. The van der Waals surface area contributed by atoms with Gasteiger partial charge in [0.15, 0.2) is 0 Å². The van der Waals surface area contributed by atoms with Gasteiger partial charge in [0.25, 0.3) is 5.91 Å². The summed E-state index contributed by atoms with van der Waals surface area (Å²) in [6.07, 6.45) is 3.38. The first-order valence-corrected chi connectivity index (χ1v) is 5.24. The zero-order valence-electron chi connectivity index (χ0n) is 8.79. The van der Waals surface area contributed by atoms with Gasteiger partial charge in [-0.2, -0.15) is 0 Å². The molecule has 0 heterocycles. The number of benzene rings is 1. The lowest BCUT2D eigenvalue weighted by molar-refractivity contribution is 0.0962. The molecular weight excluding hydrogens is 190 g/mol. The average Bonchev–Trinajstić information content (AvgIpc) is 3.01. The van der Waals surface area contributed by atoms with Crippen molar-refractivity contribution in [2.24, 2.45) is 5.92 Å². The zero-order valence-corrected chi connectivity index (χ0v) is 8.79. The smallest absolute Gasteiger partial charge is 0.251 e. The first-order chi connectivity index (χ1) is 7.20. The molecule has 0 bridgehead atoms. The number of amides is 1. The Bertz CT molecular complexity index is 383. The summed E-state index contributed by atoms with van der Waals surface area (Å²) in [4.78, 5) is 11.6. The molecule has 0 saturated heterocycles. The molecule has 1 amide bonds. The van der Waals surface area contributed by atoms with Crippen molar-refractivity contribution in [2.75, 3.05) is 7.05 Å². The zero-order chi connectivity index (χ0) is 10.8. The van der Waals surface area contributed by atoms with E-state index in [0.717, 1.165) is 12.0 Å². The maximum atomic E-state index is 11.6. The predicted molar refractivity (Wildman–Crippen MR) is 57.9 cm³/mol. The largest absolute Gasteiger partial charge is 0.508 e.